The number of hydrogen-bond acceptors (Lipinski definition) is 3. The largest absolute Gasteiger partial charge is 0.493 e. The van der Waals surface area contributed by atoms with Gasteiger partial charge in [0, 0.05) is 12.0 Å². The van der Waals surface area contributed by atoms with Crippen LogP contribution in [-0.4, -0.2) is 27.3 Å². The first kappa shape index (κ1) is 11.4. The minimum atomic E-state index is 0.735. The molecule has 3 nitrogen and oxygen atoms in total. The van der Waals surface area contributed by atoms with Crippen molar-refractivity contribution in [2.75, 3.05) is 27.3 Å². The van der Waals surface area contributed by atoms with E-state index >= 15 is 0 Å². The van der Waals surface area contributed by atoms with Crippen molar-refractivity contribution in [3.05, 3.63) is 28.8 Å². The van der Waals surface area contributed by atoms with Crippen molar-refractivity contribution in [2.45, 2.75) is 19.4 Å². The minimum Gasteiger partial charge on any atom is -0.493 e. The average molecular weight is 221 g/mol. The summed E-state index contributed by atoms with van der Waals surface area (Å²) in [7, 11) is 3.75. The van der Waals surface area contributed by atoms with E-state index in [4.69, 9.17) is 9.47 Å². The van der Waals surface area contributed by atoms with Crippen LogP contribution in [-0.2, 0) is 24.2 Å². The van der Waals surface area contributed by atoms with Gasteiger partial charge in [-0.25, -0.2) is 0 Å². The summed E-state index contributed by atoms with van der Waals surface area (Å²) in [5, 5.41) is 2.75. The summed E-state index contributed by atoms with van der Waals surface area (Å²) in [6.07, 6.45) is 2.09. The van der Waals surface area contributed by atoms with E-state index in [-0.39, 0.29) is 0 Å². The Hall–Kier alpha value is -1.06. The lowest BCUT2D eigenvalue weighted by Gasteiger charge is -2.18. The highest BCUT2D eigenvalue weighted by molar-refractivity contribution is 5.48. The molecule has 0 radical (unpaired) electrons. The molecule has 2 heterocycles. The summed E-state index contributed by atoms with van der Waals surface area (Å²) in [4.78, 5) is 0. The number of nitrogens with one attached hydrogen (secondary N) is 1. The molecule has 0 unspecified atom stereocenters. The summed E-state index contributed by atoms with van der Waals surface area (Å²) in [5.41, 5.74) is 4.05. The Labute approximate surface area is 96.8 Å². The third-order valence-corrected chi connectivity index (χ3v) is 2.82. The standard InChI is InChI=1S/C11H12O2.C2H7N/c1-2-9-4-6-13-11(9)10-7-12-5-3-8(1)10;1-3-2/h1-2H,3-7H2;3H,1-2H3. The molecule has 0 saturated heterocycles. The highest BCUT2D eigenvalue weighted by atomic mass is 16.5. The molecule has 1 aromatic rings. The molecule has 0 saturated carbocycles. The second-order valence-electron chi connectivity index (χ2n) is 4.09. The van der Waals surface area contributed by atoms with Crippen LogP contribution in [0, 0.1) is 0 Å². The van der Waals surface area contributed by atoms with E-state index < -0.39 is 0 Å². The van der Waals surface area contributed by atoms with Crippen LogP contribution in [0.5, 0.6) is 5.75 Å². The molecule has 1 aromatic carbocycles. The maximum atomic E-state index is 5.62. The van der Waals surface area contributed by atoms with Gasteiger partial charge in [0.1, 0.15) is 5.75 Å². The van der Waals surface area contributed by atoms with Gasteiger partial charge in [0.2, 0.25) is 0 Å². The van der Waals surface area contributed by atoms with Crippen LogP contribution >= 0.6 is 0 Å². The van der Waals surface area contributed by atoms with Gasteiger partial charge in [-0.2, -0.15) is 0 Å². The second kappa shape index (κ2) is 5.32. The molecule has 0 aliphatic carbocycles. The van der Waals surface area contributed by atoms with Crippen LogP contribution in [0.1, 0.15) is 16.7 Å². The van der Waals surface area contributed by atoms with Gasteiger partial charge in [-0.15, -0.1) is 0 Å². The Kier molecular flexibility index (Phi) is 3.80. The summed E-state index contributed by atoms with van der Waals surface area (Å²) < 4.78 is 11.1. The fourth-order valence-electron chi connectivity index (χ4n) is 2.11. The molecule has 2 aliphatic heterocycles. The number of benzene rings is 1. The van der Waals surface area contributed by atoms with Gasteiger partial charge in [0.25, 0.3) is 0 Å². The number of rotatable bonds is 0. The van der Waals surface area contributed by atoms with Gasteiger partial charge < -0.3 is 14.8 Å². The fraction of sp³-hybridized carbons (Fsp3) is 0.538. The molecule has 1 N–H and O–H groups in total. The lowest BCUT2D eigenvalue weighted by atomic mass is 9.99. The second-order valence-corrected chi connectivity index (χ2v) is 4.09. The van der Waals surface area contributed by atoms with Crippen LogP contribution in [0.2, 0.25) is 0 Å². The maximum absolute atomic E-state index is 5.62. The van der Waals surface area contributed by atoms with Gasteiger partial charge >= 0.3 is 0 Å². The molecule has 3 rings (SSSR count). The molecule has 0 fully saturated rings. The normalized spacial score (nSPS) is 16.6. The van der Waals surface area contributed by atoms with E-state index in [1.54, 1.807) is 0 Å². The first-order valence-corrected chi connectivity index (χ1v) is 5.79. The predicted molar refractivity (Wildman–Crippen MR) is 64.0 cm³/mol. The number of fused-ring (bicyclic) bond motifs is 3. The van der Waals surface area contributed by atoms with Crippen LogP contribution < -0.4 is 10.1 Å². The molecule has 0 atom stereocenters. The minimum absolute atomic E-state index is 0.735. The molecule has 0 spiro atoms. The topological polar surface area (TPSA) is 30.5 Å². The summed E-state index contributed by atoms with van der Waals surface area (Å²) in [5.74, 6) is 1.11. The molecule has 0 amide bonds. The molecule has 16 heavy (non-hydrogen) atoms. The third-order valence-electron chi connectivity index (χ3n) is 2.82. The molecule has 2 aliphatic rings. The van der Waals surface area contributed by atoms with E-state index in [0.717, 1.165) is 38.4 Å². The van der Waals surface area contributed by atoms with Crippen molar-refractivity contribution in [3.8, 4) is 5.75 Å². The Balaban J connectivity index is 0.000000292. The highest BCUT2D eigenvalue weighted by Crippen LogP contribution is 2.34. The Morgan fingerprint density at radius 1 is 1.06 bits per heavy atom. The van der Waals surface area contributed by atoms with Crippen LogP contribution in [0.3, 0.4) is 0 Å². The number of hydrogen-bond donors (Lipinski definition) is 1. The van der Waals surface area contributed by atoms with Crippen LogP contribution in [0.4, 0.5) is 0 Å². The van der Waals surface area contributed by atoms with Crippen molar-refractivity contribution in [3.63, 3.8) is 0 Å². The fourth-order valence-corrected chi connectivity index (χ4v) is 2.11. The zero-order chi connectivity index (χ0) is 11.4. The van der Waals surface area contributed by atoms with Crippen molar-refractivity contribution in [1.82, 2.24) is 5.32 Å². The van der Waals surface area contributed by atoms with Crippen molar-refractivity contribution in [2.24, 2.45) is 0 Å². The van der Waals surface area contributed by atoms with Crippen LogP contribution in [0.25, 0.3) is 0 Å². The van der Waals surface area contributed by atoms with Gasteiger partial charge in [-0.05, 0) is 31.6 Å². The van der Waals surface area contributed by atoms with Gasteiger partial charge in [-0.3, -0.25) is 0 Å². The Morgan fingerprint density at radius 2 is 1.75 bits per heavy atom. The van der Waals surface area contributed by atoms with Crippen LogP contribution in [0.15, 0.2) is 12.1 Å². The molecule has 0 bridgehead atoms. The zero-order valence-corrected chi connectivity index (χ0v) is 10.0. The van der Waals surface area contributed by atoms with Crippen molar-refractivity contribution >= 4 is 0 Å². The zero-order valence-electron chi connectivity index (χ0n) is 10.0. The Bertz CT molecular complexity index is 363. The van der Waals surface area contributed by atoms with Crippen molar-refractivity contribution < 1.29 is 9.47 Å². The molecule has 3 heteroatoms. The predicted octanol–water partition coefficient (Wildman–Crippen LogP) is 1.53. The molecular formula is C13H19NO2. The van der Waals surface area contributed by atoms with E-state index in [1.807, 2.05) is 14.1 Å². The third kappa shape index (κ3) is 2.20. The monoisotopic (exact) mass is 221 g/mol. The summed E-state index contributed by atoms with van der Waals surface area (Å²) in [6.45, 7) is 2.43. The van der Waals surface area contributed by atoms with E-state index in [0.29, 0.717) is 0 Å². The quantitative estimate of drug-likeness (QED) is 0.720. The van der Waals surface area contributed by atoms with E-state index in [9.17, 15) is 0 Å². The van der Waals surface area contributed by atoms with E-state index in [2.05, 4.69) is 17.4 Å². The van der Waals surface area contributed by atoms with Gasteiger partial charge in [-0.1, -0.05) is 12.1 Å². The first-order valence-electron chi connectivity index (χ1n) is 5.79. The van der Waals surface area contributed by atoms with Gasteiger partial charge in [0.15, 0.2) is 0 Å². The maximum Gasteiger partial charge on any atom is 0.128 e. The lowest BCUT2D eigenvalue weighted by Crippen LogP contribution is -2.10. The van der Waals surface area contributed by atoms with E-state index in [1.165, 1.54) is 16.7 Å². The first-order chi connectivity index (χ1) is 7.86. The molecular weight excluding hydrogens is 202 g/mol. The average Bonchev–Trinajstić information content (AvgIpc) is 2.78. The smallest absolute Gasteiger partial charge is 0.128 e. The summed E-state index contributed by atoms with van der Waals surface area (Å²) in [6, 6.07) is 4.43. The molecule has 88 valence electrons. The molecule has 0 aromatic heterocycles. The Morgan fingerprint density at radius 3 is 2.56 bits per heavy atom. The SMILES string of the molecule is CNC.c1cc2c(c3c1CCOC3)OCC2. The van der Waals surface area contributed by atoms with Gasteiger partial charge in [0.05, 0.1) is 19.8 Å². The highest BCUT2D eigenvalue weighted by Gasteiger charge is 2.21. The van der Waals surface area contributed by atoms with Crippen molar-refractivity contribution in [1.29, 1.82) is 0 Å². The lowest BCUT2D eigenvalue weighted by molar-refractivity contribution is 0.108. The number of ether oxygens (including phenoxy) is 2. The summed E-state index contributed by atoms with van der Waals surface area (Å²) >= 11 is 0.